The number of likely N-dealkylation sites (tertiary alicyclic amines) is 1. The molecule has 1 aromatic carbocycles. The maximum absolute atomic E-state index is 13.6. The number of ether oxygens (including phenoxy) is 3. The number of fused-ring (bicyclic) bond motifs is 1. The Hall–Kier alpha value is -3.62. The Balaban J connectivity index is 1.84. The molecule has 1 aliphatic heterocycles. The fourth-order valence-electron chi connectivity index (χ4n) is 4.15. The average molecular weight is 498 g/mol. The van der Waals surface area contributed by atoms with Crippen molar-refractivity contribution < 1.29 is 28.6 Å². The molecule has 0 spiro atoms. The van der Waals surface area contributed by atoms with Crippen LogP contribution in [0.1, 0.15) is 46.6 Å². The minimum atomic E-state index is -0.892. The van der Waals surface area contributed by atoms with Crippen molar-refractivity contribution in [2.45, 2.75) is 64.8 Å². The van der Waals surface area contributed by atoms with Crippen LogP contribution in [0.2, 0.25) is 0 Å². The molecule has 0 unspecified atom stereocenters. The SMILES string of the molecule is C=Cc1ccc2ccnc(O[C@@H]3C[C@@H](C(=O)OC)N(C(=O)[C@@H](NC(=O)OC(C)(C)C)C(C)C)C3)c2c1. The van der Waals surface area contributed by atoms with Crippen molar-refractivity contribution in [3.8, 4) is 5.88 Å². The zero-order valence-corrected chi connectivity index (χ0v) is 21.7. The van der Waals surface area contributed by atoms with E-state index < -0.39 is 41.8 Å². The Morgan fingerprint density at radius 3 is 2.56 bits per heavy atom. The summed E-state index contributed by atoms with van der Waals surface area (Å²) in [6, 6.07) is 5.97. The highest BCUT2D eigenvalue weighted by molar-refractivity contribution is 5.91. The molecule has 9 heteroatoms. The number of nitrogens with zero attached hydrogens (tertiary/aromatic N) is 2. The van der Waals surface area contributed by atoms with Crippen LogP contribution in [0.25, 0.3) is 16.8 Å². The molecule has 1 saturated heterocycles. The van der Waals surface area contributed by atoms with Crippen molar-refractivity contribution >= 4 is 34.8 Å². The highest BCUT2D eigenvalue weighted by atomic mass is 16.6. The van der Waals surface area contributed by atoms with Gasteiger partial charge in [-0.25, -0.2) is 14.6 Å². The number of aromatic nitrogens is 1. The molecular formula is C27H35N3O6. The Kier molecular flexibility index (Phi) is 8.22. The molecule has 1 N–H and O–H groups in total. The molecule has 0 bridgehead atoms. The largest absolute Gasteiger partial charge is 0.472 e. The maximum Gasteiger partial charge on any atom is 0.408 e. The van der Waals surface area contributed by atoms with Gasteiger partial charge in [0.25, 0.3) is 0 Å². The first kappa shape index (κ1) is 27.0. The summed E-state index contributed by atoms with van der Waals surface area (Å²) in [6.07, 6.45) is 2.42. The van der Waals surface area contributed by atoms with Crippen LogP contribution in [0.3, 0.4) is 0 Å². The van der Waals surface area contributed by atoms with E-state index in [0.29, 0.717) is 5.88 Å². The molecule has 3 atom stereocenters. The van der Waals surface area contributed by atoms with Gasteiger partial charge in [0, 0.05) is 18.0 Å². The zero-order chi connectivity index (χ0) is 26.6. The lowest BCUT2D eigenvalue weighted by Crippen LogP contribution is -2.54. The van der Waals surface area contributed by atoms with Crippen LogP contribution in [0, 0.1) is 5.92 Å². The van der Waals surface area contributed by atoms with Gasteiger partial charge in [0.2, 0.25) is 11.8 Å². The number of hydrogen-bond donors (Lipinski definition) is 1. The first-order valence-electron chi connectivity index (χ1n) is 12.0. The van der Waals surface area contributed by atoms with E-state index in [4.69, 9.17) is 14.2 Å². The number of carbonyl (C=O) groups is 3. The lowest BCUT2D eigenvalue weighted by molar-refractivity contribution is -0.152. The van der Waals surface area contributed by atoms with E-state index in [1.165, 1.54) is 12.0 Å². The number of amides is 2. The molecule has 2 heterocycles. The van der Waals surface area contributed by atoms with Gasteiger partial charge in [-0.2, -0.15) is 0 Å². The Morgan fingerprint density at radius 2 is 1.94 bits per heavy atom. The summed E-state index contributed by atoms with van der Waals surface area (Å²) in [5.74, 6) is -0.794. The Bertz CT molecular complexity index is 1140. The molecule has 1 aromatic heterocycles. The third kappa shape index (κ3) is 6.33. The highest BCUT2D eigenvalue weighted by Crippen LogP contribution is 2.30. The second-order valence-corrected chi connectivity index (χ2v) is 10.2. The fraction of sp³-hybridized carbons (Fsp3) is 0.481. The lowest BCUT2D eigenvalue weighted by Gasteiger charge is -2.30. The fourth-order valence-corrected chi connectivity index (χ4v) is 4.15. The van der Waals surface area contributed by atoms with E-state index in [9.17, 15) is 14.4 Å². The Morgan fingerprint density at radius 1 is 1.22 bits per heavy atom. The third-order valence-corrected chi connectivity index (χ3v) is 5.89. The van der Waals surface area contributed by atoms with Crippen molar-refractivity contribution in [3.63, 3.8) is 0 Å². The van der Waals surface area contributed by atoms with E-state index in [1.54, 1.807) is 33.0 Å². The first-order valence-corrected chi connectivity index (χ1v) is 12.0. The minimum Gasteiger partial charge on any atom is -0.472 e. The minimum absolute atomic E-state index is 0.136. The summed E-state index contributed by atoms with van der Waals surface area (Å²) in [4.78, 5) is 44.4. The quantitative estimate of drug-likeness (QED) is 0.577. The molecule has 1 fully saturated rings. The highest BCUT2D eigenvalue weighted by Gasteiger charge is 2.44. The van der Waals surface area contributed by atoms with Gasteiger partial charge in [0.15, 0.2) is 0 Å². The van der Waals surface area contributed by atoms with Crippen LogP contribution in [0.5, 0.6) is 5.88 Å². The maximum atomic E-state index is 13.6. The summed E-state index contributed by atoms with van der Waals surface area (Å²) in [5.41, 5.74) is 0.205. The molecule has 0 aliphatic carbocycles. The van der Waals surface area contributed by atoms with E-state index in [-0.39, 0.29) is 18.9 Å². The average Bonchev–Trinajstić information content (AvgIpc) is 3.24. The number of esters is 1. The number of alkyl carbamates (subject to hydrolysis) is 1. The molecule has 0 saturated carbocycles. The monoisotopic (exact) mass is 497 g/mol. The summed E-state index contributed by atoms with van der Waals surface area (Å²) in [5, 5.41) is 4.41. The van der Waals surface area contributed by atoms with Crippen LogP contribution in [0.4, 0.5) is 4.79 Å². The van der Waals surface area contributed by atoms with Gasteiger partial charge in [-0.1, -0.05) is 38.6 Å². The molecule has 2 aromatic rings. The van der Waals surface area contributed by atoms with Crippen LogP contribution < -0.4 is 10.1 Å². The molecule has 194 valence electrons. The molecule has 36 heavy (non-hydrogen) atoms. The molecular weight excluding hydrogens is 462 g/mol. The smallest absolute Gasteiger partial charge is 0.408 e. The molecule has 2 amide bonds. The van der Waals surface area contributed by atoms with Gasteiger partial charge in [-0.15, -0.1) is 0 Å². The second kappa shape index (κ2) is 11.0. The zero-order valence-electron chi connectivity index (χ0n) is 21.7. The number of rotatable bonds is 7. The van der Waals surface area contributed by atoms with Gasteiger partial charge >= 0.3 is 12.1 Å². The number of methoxy groups -OCH3 is 1. The van der Waals surface area contributed by atoms with Crippen molar-refractivity contribution in [2.24, 2.45) is 5.92 Å². The van der Waals surface area contributed by atoms with Crippen molar-refractivity contribution in [3.05, 3.63) is 42.6 Å². The van der Waals surface area contributed by atoms with Gasteiger partial charge in [-0.05, 0) is 49.8 Å². The molecule has 1 aliphatic rings. The van der Waals surface area contributed by atoms with Crippen molar-refractivity contribution in [1.29, 1.82) is 0 Å². The van der Waals surface area contributed by atoms with Gasteiger partial charge < -0.3 is 24.4 Å². The van der Waals surface area contributed by atoms with Crippen LogP contribution >= 0.6 is 0 Å². The normalized spacial score (nSPS) is 18.6. The van der Waals surface area contributed by atoms with Crippen molar-refractivity contribution in [2.75, 3.05) is 13.7 Å². The predicted octanol–water partition coefficient (Wildman–Crippen LogP) is 3.95. The number of hydrogen-bond acceptors (Lipinski definition) is 7. The van der Waals surface area contributed by atoms with Gasteiger partial charge in [-0.3, -0.25) is 4.79 Å². The number of nitrogens with one attached hydrogen (secondary N) is 1. The topological polar surface area (TPSA) is 107 Å². The van der Waals surface area contributed by atoms with Crippen LogP contribution in [-0.4, -0.2) is 65.3 Å². The van der Waals surface area contributed by atoms with E-state index in [0.717, 1.165) is 16.3 Å². The summed E-state index contributed by atoms with van der Waals surface area (Å²) in [6.45, 7) is 12.8. The standard InChI is InChI=1S/C27H35N3O6/c1-8-17-9-10-18-11-12-28-23(20(18)13-17)35-19-14-21(25(32)34-7)30(15-19)24(31)22(16(2)3)29-26(33)36-27(4,5)6/h8-13,16,19,21-22H,1,14-15H2,2-7H3,(H,29,33)/t19-,21+,22+/m1/s1. The third-order valence-electron chi connectivity index (χ3n) is 5.89. The van der Waals surface area contributed by atoms with Crippen LogP contribution in [0.15, 0.2) is 37.0 Å². The summed E-state index contributed by atoms with van der Waals surface area (Å²) >= 11 is 0. The predicted molar refractivity (Wildman–Crippen MR) is 136 cm³/mol. The van der Waals surface area contributed by atoms with E-state index >= 15 is 0 Å². The van der Waals surface area contributed by atoms with Crippen LogP contribution in [-0.2, 0) is 19.1 Å². The van der Waals surface area contributed by atoms with Gasteiger partial charge in [0.05, 0.1) is 13.7 Å². The first-order chi connectivity index (χ1) is 16.9. The number of carbonyl (C=O) groups excluding carboxylic acids is 3. The summed E-state index contributed by atoms with van der Waals surface area (Å²) in [7, 11) is 1.28. The van der Waals surface area contributed by atoms with E-state index in [1.807, 2.05) is 38.1 Å². The Labute approximate surface area is 211 Å². The number of benzene rings is 1. The number of pyridine rings is 1. The van der Waals surface area contributed by atoms with Gasteiger partial charge in [0.1, 0.15) is 23.8 Å². The molecule has 9 nitrogen and oxygen atoms in total. The second-order valence-electron chi connectivity index (χ2n) is 10.2. The van der Waals surface area contributed by atoms with E-state index in [2.05, 4.69) is 16.9 Å². The summed E-state index contributed by atoms with van der Waals surface area (Å²) < 4.78 is 16.5. The molecule has 3 rings (SSSR count). The lowest BCUT2D eigenvalue weighted by atomic mass is 10.0. The van der Waals surface area contributed by atoms with Crippen molar-refractivity contribution in [1.82, 2.24) is 15.2 Å². The molecule has 0 radical (unpaired) electrons.